The minimum atomic E-state index is -0.673. The van der Waals surface area contributed by atoms with Crippen molar-refractivity contribution in [1.82, 2.24) is 5.32 Å². The van der Waals surface area contributed by atoms with E-state index >= 15 is 0 Å². The Bertz CT molecular complexity index is 724. The summed E-state index contributed by atoms with van der Waals surface area (Å²) in [6, 6.07) is 10.4. The molecule has 0 aliphatic heterocycles. The number of esters is 1. The molecule has 2 aromatic carbocycles. The standard InChI is InChI=1S/C18H21NO4/c1-11(2)17(19-12(3)20)18(21)23-16-8-6-13-5-7-15(22-4)9-14(13)10-16/h5-11,17H,1-4H3,(H,19,20). The molecule has 1 atom stereocenters. The molecule has 2 rings (SSSR count). The molecule has 0 aromatic heterocycles. The van der Waals surface area contributed by atoms with Crippen LogP contribution in [0.1, 0.15) is 20.8 Å². The Morgan fingerprint density at radius 1 is 1.00 bits per heavy atom. The van der Waals surface area contributed by atoms with Gasteiger partial charge in [0.15, 0.2) is 0 Å². The molecule has 0 saturated carbocycles. The molecule has 0 heterocycles. The maximum atomic E-state index is 12.3. The molecule has 0 bridgehead atoms. The minimum absolute atomic E-state index is 0.0630. The van der Waals surface area contributed by atoms with Gasteiger partial charge < -0.3 is 14.8 Å². The largest absolute Gasteiger partial charge is 0.497 e. The van der Waals surface area contributed by atoms with Crippen molar-refractivity contribution >= 4 is 22.6 Å². The fraction of sp³-hybridized carbons (Fsp3) is 0.333. The molecule has 1 unspecified atom stereocenters. The summed E-state index contributed by atoms with van der Waals surface area (Å²) in [5, 5.41) is 4.55. The Balaban J connectivity index is 2.22. The molecule has 1 amide bonds. The summed E-state index contributed by atoms with van der Waals surface area (Å²) in [5.74, 6) is 0.374. The zero-order valence-corrected chi connectivity index (χ0v) is 13.8. The van der Waals surface area contributed by atoms with Gasteiger partial charge in [-0.3, -0.25) is 4.79 Å². The summed E-state index contributed by atoms with van der Waals surface area (Å²) in [7, 11) is 1.60. The van der Waals surface area contributed by atoms with Crippen LogP contribution >= 0.6 is 0 Å². The molecular weight excluding hydrogens is 294 g/mol. The third kappa shape index (κ3) is 4.22. The van der Waals surface area contributed by atoms with E-state index < -0.39 is 12.0 Å². The van der Waals surface area contributed by atoms with E-state index in [9.17, 15) is 9.59 Å². The molecule has 0 aliphatic rings. The first-order valence-corrected chi connectivity index (χ1v) is 7.47. The first-order chi connectivity index (χ1) is 10.9. The zero-order chi connectivity index (χ0) is 17.0. The molecule has 5 nitrogen and oxygen atoms in total. The van der Waals surface area contributed by atoms with Crippen molar-refractivity contribution in [2.75, 3.05) is 7.11 Å². The van der Waals surface area contributed by atoms with Crippen molar-refractivity contribution < 1.29 is 19.1 Å². The third-order valence-electron chi connectivity index (χ3n) is 3.52. The number of hydrogen-bond donors (Lipinski definition) is 1. The van der Waals surface area contributed by atoms with Crippen molar-refractivity contribution in [3.63, 3.8) is 0 Å². The highest BCUT2D eigenvalue weighted by atomic mass is 16.5. The van der Waals surface area contributed by atoms with Gasteiger partial charge in [0.2, 0.25) is 5.91 Å². The highest BCUT2D eigenvalue weighted by molar-refractivity contribution is 5.88. The highest BCUT2D eigenvalue weighted by Gasteiger charge is 2.25. The molecule has 122 valence electrons. The summed E-state index contributed by atoms with van der Waals surface area (Å²) in [4.78, 5) is 23.5. The first-order valence-electron chi connectivity index (χ1n) is 7.47. The van der Waals surface area contributed by atoms with Crippen LogP contribution in [-0.2, 0) is 9.59 Å². The van der Waals surface area contributed by atoms with Crippen LogP contribution in [0.3, 0.4) is 0 Å². The van der Waals surface area contributed by atoms with Gasteiger partial charge in [-0.25, -0.2) is 4.79 Å². The van der Waals surface area contributed by atoms with Crippen molar-refractivity contribution in [1.29, 1.82) is 0 Å². The SMILES string of the molecule is COc1ccc2ccc(OC(=O)C(NC(C)=O)C(C)C)cc2c1. The molecule has 1 N–H and O–H groups in total. The Hall–Kier alpha value is -2.56. The second-order valence-corrected chi connectivity index (χ2v) is 5.72. The predicted molar refractivity (Wildman–Crippen MR) is 88.6 cm³/mol. The smallest absolute Gasteiger partial charge is 0.334 e. The molecule has 0 spiro atoms. The Kier molecular flexibility index (Phi) is 5.21. The van der Waals surface area contributed by atoms with Gasteiger partial charge in [0.1, 0.15) is 17.5 Å². The monoisotopic (exact) mass is 315 g/mol. The zero-order valence-electron chi connectivity index (χ0n) is 13.8. The maximum absolute atomic E-state index is 12.3. The number of amides is 1. The van der Waals surface area contributed by atoms with E-state index in [2.05, 4.69) is 5.32 Å². The van der Waals surface area contributed by atoms with Crippen LogP contribution in [0.15, 0.2) is 36.4 Å². The van der Waals surface area contributed by atoms with E-state index in [-0.39, 0.29) is 11.8 Å². The lowest BCUT2D eigenvalue weighted by molar-refractivity contribution is -0.140. The van der Waals surface area contributed by atoms with E-state index in [1.807, 2.05) is 38.1 Å². The van der Waals surface area contributed by atoms with Crippen LogP contribution in [0, 0.1) is 5.92 Å². The Labute approximate surface area is 135 Å². The summed E-state index contributed by atoms with van der Waals surface area (Å²) in [5.41, 5.74) is 0. The number of rotatable bonds is 5. The molecule has 0 radical (unpaired) electrons. The predicted octanol–water partition coefficient (Wildman–Crippen LogP) is 2.91. The molecule has 23 heavy (non-hydrogen) atoms. The van der Waals surface area contributed by atoms with Crippen LogP contribution in [0.5, 0.6) is 11.5 Å². The number of carbonyl (C=O) groups excluding carboxylic acids is 2. The average Bonchev–Trinajstić information content (AvgIpc) is 2.51. The van der Waals surface area contributed by atoms with Gasteiger partial charge in [-0.05, 0) is 41.0 Å². The molecule has 5 heteroatoms. The van der Waals surface area contributed by atoms with Gasteiger partial charge >= 0.3 is 5.97 Å². The van der Waals surface area contributed by atoms with E-state index in [1.165, 1.54) is 6.92 Å². The number of carbonyl (C=O) groups is 2. The number of ether oxygens (including phenoxy) is 2. The number of nitrogens with one attached hydrogen (secondary N) is 1. The first kappa shape index (κ1) is 16.8. The molecule has 0 fully saturated rings. The minimum Gasteiger partial charge on any atom is -0.497 e. The molecular formula is C18H21NO4. The van der Waals surface area contributed by atoms with E-state index in [0.29, 0.717) is 5.75 Å². The lowest BCUT2D eigenvalue weighted by atomic mass is 10.0. The van der Waals surface area contributed by atoms with Crippen LogP contribution in [0.2, 0.25) is 0 Å². The van der Waals surface area contributed by atoms with Crippen molar-refractivity contribution in [3.05, 3.63) is 36.4 Å². The fourth-order valence-electron chi connectivity index (χ4n) is 2.29. The lowest BCUT2D eigenvalue weighted by Gasteiger charge is -2.20. The van der Waals surface area contributed by atoms with Crippen molar-refractivity contribution in [2.24, 2.45) is 5.92 Å². The number of methoxy groups -OCH3 is 1. The summed E-state index contributed by atoms with van der Waals surface area (Å²) >= 11 is 0. The Morgan fingerprint density at radius 2 is 1.61 bits per heavy atom. The van der Waals surface area contributed by atoms with Crippen LogP contribution < -0.4 is 14.8 Å². The van der Waals surface area contributed by atoms with Gasteiger partial charge in [-0.1, -0.05) is 26.0 Å². The normalized spacial score (nSPS) is 12.0. The number of benzene rings is 2. The Morgan fingerprint density at radius 3 is 2.17 bits per heavy atom. The van der Waals surface area contributed by atoms with E-state index in [1.54, 1.807) is 19.2 Å². The van der Waals surface area contributed by atoms with Gasteiger partial charge in [0.05, 0.1) is 7.11 Å². The van der Waals surface area contributed by atoms with E-state index in [0.717, 1.165) is 16.5 Å². The van der Waals surface area contributed by atoms with Gasteiger partial charge in [0, 0.05) is 6.92 Å². The van der Waals surface area contributed by atoms with Crippen LogP contribution in [0.4, 0.5) is 0 Å². The van der Waals surface area contributed by atoms with Gasteiger partial charge in [-0.15, -0.1) is 0 Å². The number of hydrogen-bond acceptors (Lipinski definition) is 4. The van der Waals surface area contributed by atoms with Crippen molar-refractivity contribution in [3.8, 4) is 11.5 Å². The summed E-state index contributed by atoms with van der Waals surface area (Å²) < 4.78 is 10.6. The average molecular weight is 315 g/mol. The van der Waals surface area contributed by atoms with Crippen LogP contribution in [-0.4, -0.2) is 25.0 Å². The van der Waals surface area contributed by atoms with E-state index in [4.69, 9.17) is 9.47 Å². The lowest BCUT2D eigenvalue weighted by Crippen LogP contribution is -2.45. The summed E-state index contributed by atoms with van der Waals surface area (Å²) in [6.45, 7) is 5.09. The molecule has 0 aliphatic carbocycles. The fourth-order valence-corrected chi connectivity index (χ4v) is 2.29. The summed E-state index contributed by atoms with van der Waals surface area (Å²) in [6.07, 6.45) is 0. The molecule has 0 saturated heterocycles. The van der Waals surface area contributed by atoms with Crippen LogP contribution in [0.25, 0.3) is 10.8 Å². The van der Waals surface area contributed by atoms with Crippen molar-refractivity contribution in [2.45, 2.75) is 26.8 Å². The highest BCUT2D eigenvalue weighted by Crippen LogP contribution is 2.25. The molecule has 2 aromatic rings. The topological polar surface area (TPSA) is 64.6 Å². The maximum Gasteiger partial charge on any atom is 0.334 e. The second-order valence-electron chi connectivity index (χ2n) is 5.72. The quantitative estimate of drug-likeness (QED) is 0.680. The van der Waals surface area contributed by atoms with Gasteiger partial charge in [-0.2, -0.15) is 0 Å². The number of fused-ring (bicyclic) bond motifs is 1. The second kappa shape index (κ2) is 7.13. The third-order valence-corrected chi connectivity index (χ3v) is 3.52. The van der Waals surface area contributed by atoms with Gasteiger partial charge in [0.25, 0.3) is 0 Å².